The van der Waals surface area contributed by atoms with Crippen LogP contribution in [0.3, 0.4) is 0 Å². The van der Waals surface area contributed by atoms with Crippen LogP contribution in [0, 0.1) is 12.7 Å². The number of sulfonamides is 1. The van der Waals surface area contributed by atoms with Crippen molar-refractivity contribution in [3.8, 4) is 11.3 Å². The first-order chi connectivity index (χ1) is 18.7. The van der Waals surface area contributed by atoms with Crippen molar-refractivity contribution in [3.63, 3.8) is 0 Å². The first kappa shape index (κ1) is 26.8. The van der Waals surface area contributed by atoms with E-state index in [9.17, 15) is 12.8 Å². The average Bonchev–Trinajstić information content (AvgIpc) is 3.44. The molecule has 4 aromatic rings. The molecule has 2 aromatic carbocycles. The topological polar surface area (TPSA) is 118 Å². The highest BCUT2D eigenvalue weighted by molar-refractivity contribution is 7.89. The number of rotatable bonds is 8. The van der Waals surface area contributed by atoms with Crippen LogP contribution in [0.5, 0.6) is 0 Å². The van der Waals surface area contributed by atoms with E-state index in [4.69, 9.17) is 10.2 Å². The van der Waals surface area contributed by atoms with Crippen molar-refractivity contribution in [2.24, 2.45) is 0 Å². The molecular formula is C28H31FN6O3S. The van der Waals surface area contributed by atoms with E-state index in [0.717, 1.165) is 25.9 Å². The van der Waals surface area contributed by atoms with Gasteiger partial charge in [-0.1, -0.05) is 0 Å². The van der Waals surface area contributed by atoms with E-state index < -0.39 is 10.0 Å². The highest BCUT2D eigenvalue weighted by atomic mass is 32.2. The molecule has 0 spiro atoms. The predicted octanol–water partition coefficient (Wildman–Crippen LogP) is 4.80. The Kier molecular flexibility index (Phi) is 7.65. The SMILES string of the molecule is Cc1cc(-c2nc(Nc3ccc(S(=O)(=O)N(Cc4ccco4)C4CCN(C)CC4)cc3)ncc2N)ccc1F. The monoisotopic (exact) mass is 550 g/mol. The van der Waals surface area contributed by atoms with Crippen LogP contribution in [0.15, 0.2) is 76.4 Å². The number of aromatic nitrogens is 2. The van der Waals surface area contributed by atoms with Gasteiger partial charge in [0.15, 0.2) is 0 Å². The summed E-state index contributed by atoms with van der Waals surface area (Å²) in [6.07, 6.45) is 4.54. The first-order valence-corrected chi connectivity index (χ1v) is 14.1. The number of furan rings is 1. The third-order valence-corrected chi connectivity index (χ3v) is 8.87. The predicted molar refractivity (Wildman–Crippen MR) is 148 cm³/mol. The van der Waals surface area contributed by atoms with Crippen molar-refractivity contribution in [2.75, 3.05) is 31.2 Å². The fraction of sp³-hybridized carbons (Fsp3) is 0.286. The van der Waals surface area contributed by atoms with Crippen LogP contribution >= 0.6 is 0 Å². The molecule has 1 fully saturated rings. The molecule has 204 valence electrons. The quantitative estimate of drug-likeness (QED) is 0.321. The van der Waals surface area contributed by atoms with E-state index in [0.29, 0.717) is 34.0 Å². The van der Waals surface area contributed by atoms with Gasteiger partial charge >= 0.3 is 0 Å². The summed E-state index contributed by atoms with van der Waals surface area (Å²) in [5.41, 5.74) is 8.69. The average molecular weight is 551 g/mol. The molecule has 11 heteroatoms. The number of halogens is 1. The molecule has 0 radical (unpaired) electrons. The standard InChI is InChI=1S/C28H31FN6O3S/c1-19-16-20(5-10-25(19)29)27-26(30)17-31-28(33-27)32-21-6-8-24(9-7-21)39(36,37)35(18-23-4-3-15-38-23)22-11-13-34(2)14-12-22/h3-10,15-17,22H,11-14,18,30H2,1-2H3,(H,31,32,33). The minimum Gasteiger partial charge on any atom is -0.468 e. The summed E-state index contributed by atoms with van der Waals surface area (Å²) < 4.78 is 48.3. The molecular weight excluding hydrogens is 519 g/mol. The molecule has 9 nitrogen and oxygen atoms in total. The highest BCUT2D eigenvalue weighted by Gasteiger charge is 2.34. The molecule has 39 heavy (non-hydrogen) atoms. The van der Waals surface area contributed by atoms with Gasteiger partial charge < -0.3 is 20.4 Å². The van der Waals surface area contributed by atoms with E-state index in [1.54, 1.807) is 66.0 Å². The second-order valence-electron chi connectivity index (χ2n) is 9.77. The molecule has 2 aromatic heterocycles. The Morgan fingerprint density at radius 1 is 1.15 bits per heavy atom. The van der Waals surface area contributed by atoms with Gasteiger partial charge in [0, 0.05) is 17.3 Å². The number of anilines is 3. The number of nitrogens with one attached hydrogen (secondary N) is 1. The molecule has 0 unspecified atom stereocenters. The zero-order valence-corrected chi connectivity index (χ0v) is 22.7. The number of nitrogen functional groups attached to an aromatic ring is 1. The van der Waals surface area contributed by atoms with Crippen molar-refractivity contribution in [1.29, 1.82) is 0 Å². The number of hydrogen-bond donors (Lipinski definition) is 2. The van der Waals surface area contributed by atoms with Crippen molar-refractivity contribution < 1.29 is 17.2 Å². The molecule has 5 rings (SSSR count). The van der Waals surface area contributed by atoms with Gasteiger partial charge in [0.2, 0.25) is 16.0 Å². The normalized spacial score (nSPS) is 15.1. The van der Waals surface area contributed by atoms with Gasteiger partial charge in [-0.05, 0) is 100 Å². The Morgan fingerprint density at radius 2 is 1.90 bits per heavy atom. The van der Waals surface area contributed by atoms with Gasteiger partial charge in [-0.25, -0.2) is 22.8 Å². The summed E-state index contributed by atoms with van der Waals surface area (Å²) in [6, 6.07) is 14.6. The van der Waals surface area contributed by atoms with Crippen molar-refractivity contribution >= 4 is 27.3 Å². The minimum atomic E-state index is -3.79. The maximum Gasteiger partial charge on any atom is 0.243 e. The highest BCUT2D eigenvalue weighted by Crippen LogP contribution is 2.29. The Labute approximate surface area is 227 Å². The second kappa shape index (κ2) is 11.1. The fourth-order valence-corrected chi connectivity index (χ4v) is 6.35. The van der Waals surface area contributed by atoms with Crippen LogP contribution in [0.25, 0.3) is 11.3 Å². The van der Waals surface area contributed by atoms with Crippen LogP contribution in [0.1, 0.15) is 24.2 Å². The van der Waals surface area contributed by atoms with Gasteiger partial charge in [-0.15, -0.1) is 0 Å². The number of benzene rings is 2. The van der Waals surface area contributed by atoms with E-state index >= 15 is 0 Å². The molecule has 0 amide bonds. The summed E-state index contributed by atoms with van der Waals surface area (Å²) in [7, 11) is -1.75. The largest absolute Gasteiger partial charge is 0.468 e. The lowest BCUT2D eigenvalue weighted by atomic mass is 10.1. The molecule has 0 bridgehead atoms. The molecule has 0 atom stereocenters. The van der Waals surface area contributed by atoms with E-state index in [1.165, 1.54) is 12.3 Å². The maximum atomic E-state index is 13.8. The summed E-state index contributed by atoms with van der Waals surface area (Å²) in [5, 5.41) is 3.10. The number of nitrogens with two attached hydrogens (primary N) is 1. The fourth-order valence-electron chi connectivity index (χ4n) is 4.70. The number of aryl methyl sites for hydroxylation is 1. The van der Waals surface area contributed by atoms with Gasteiger partial charge in [-0.2, -0.15) is 4.31 Å². The van der Waals surface area contributed by atoms with Crippen LogP contribution in [-0.2, 0) is 16.6 Å². The Hall–Kier alpha value is -3.80. The zero-order chi connectivity index (χ0) is 27.6. The van der Waals surface area contributed by atoms with E-state index in [1.807, 2.05) is 7.05 Å². The Bertz CT molecular complexity index is 1540. The number of likely N-dealkylation sites (tertiary alicyclic amines) is 1. The van der Waals surface area contributed by atoms with Gasteiger partial charge in [0.25, 0.3) is 0 Å². The minimum absolute atomic E-state index is 0.120. The molecule has 1 aliphatic rings. The molecule has 0 saturated carbocycles. The molecule has 1 aliphatic heterocycles. The summed E-state index contributed by atoms with van der Waals surface area (Å²) in [4.78, 5) is 11.2. The van der Waals surface area contributed by atoms with Crippen molar-refractivity contribution in [1.82, 2.24) is 19.2 Å². The van der Waals surface area contributed by atoms with Crippen LogP contribution in [0.2, 0.25) is 0 Å². The van der Waals surface area contributed by atoms with Crippen LogP contribution < -0.4 is 11.1 Å². The van der Waals surface area contributed by atoms with Gasteiger partial charge in [0.1, 0.15) is 11.6 Å². The maximum absolute atomic E-state index is 13.8. The zero-order valence-electron chi connectivity index (χ0n) is 21.8. The summed E-state index contributed by atoms with van der Waals surface area (Å²) >= 11 is 0. The molecule has 0 aliphatic carbocycles. The number of piperidine rings is 1. The number of hydrogen-bond acceptors (Lipinski definition) is 8. The summed E-state index contributed by atoms with van der Waals surface area (Å²) in [5.74, 6) is 0.573. The third kappa shape index (κ3) is 5.95. The smallest absolute Gasteiger partial charge is 0.243 e. The molecule has 1 saturated heterocycles. The number of nitrogens with zero attached hydrogens (tertiary/aromatic N) is 4. The van der Waals surface area contributed by atoms with E-state index in [2.05, 4.69) is 20.2 Å². The van der Waals surface area contributed by atoms with Gasteiger partial charge in [-0.3, -0.25) is 0 Å². The van der Waals surface area contributed by atoms with Crippen molar-refractivity contribution in [3.05, 3.63) is 84.2 Å². The van der Waals surface area contributed by atoms with Gasteiger partial charge in [0.05, 0.1) is 35.3 Å². The van der Waals surface area contributed by atoms with Crippen LogP contribution in [-0.4, -0.2) is 53.8 Å². The molecule has 3 heterocycles. The molecule has 3 N–H and O–H groups in total. The lowest BCUT2D eigenvalue weighted by Crippen LogP contribution is -2.46. The lowest BCUT2D eigenvalue weighted by Gasteiger charge is -2.36. The first-order valence-electron chi connectivity index (χ1n) is 12.7. The van der Waals surface area contributed by atoms with Crippen LogP contribution in [0.4, 0.5) is 21.7 Å². The summed E-state index contributed by atoms with van der Waals surface area (Å²) in [6.45, 7) is 3.51. The third-order valence-electron chi connectivity index (χ3n) is 6.95. The lowest BCUT2D eigenvalue weighted by molar-refractivity contribution is 0.173. The Morgan fingerprint density at radius 3 is 2.56 bits per heavy atom. The van der Waals surface area contributed by atoms with E-state index in [-0.39, 0.29) is 29.2 Å². The Balaban J connectivity index is 1.37. The second-order valence-corrected chi connectivity index (χ2v) is 11.7. The van der Waals surface area contributed by atoms with Crippen molar-refractivity contribution in [2.45, 2.75) is 37.2 Å².